The second-order valence-electron chi connectivity index (χ2n) is 3.74. The van der Waals surface area contributed by atoms with Crippen molar-refractivity contribution in [3.8, 4) is 12.3 Å². The fourth-order valence-electron chi connectivity index (χ4n) is 0.615. The molecule has 0 aromatic heterocycles. The highest BCUT2D eigenvalue weighted by Crippen LogP contribution is 1.97. The van der Waals surface area contributed by atoms with Crippen molar-refractivity contribution >= 4 is 6.03 Å². The number of nitrogens with one attached hydrogen (secondary N) is 2. The van der Waals surface area contributed by atoms with Crippen molar-refractivity contribution in [1.82, 2.24) is 10.6 Å². The summed E-state index contributed by atoms with van der Waals surface area (Å²) in [6.07, 6.45) is 5.09. The van der Waals surface area contributed by atoms with Crippen LogP contribution < -0.4 is 10.6 Å². The summed E-state index contributed by atoms with van der Waals surface area (Å²) in [7, 11) is 0. The van der Waals surface area contributed by atoms with Crippen LogP contribution in [0.3, 0.4) is 0 Å². The average molecular weight is 168 g/mol. The fraction of sp³-hybridized carbons (Fsp3) is 0.667. The molecular formula is C9H16N2O. The van der Waals surface area contributed by atoms with Crippen molar-refractivity contribution < 1.29 is 4.79 Å². The van der Waals surface area contributed by atoms with Crippen molar-refractivity contribution in [3.63, 3.8) is 0 Å². The van der Waals surface area contributed by atoms with E-state index in [2.05, 4.69) is 16.6 Å². The lowest BCUT2D eigenvalue weighted by Crippen LogP contribution is -2.48. The lowest BCUT2D eigenvalue weighted by atomic mass is 10.1. The minimum Gasteiger partial charge on any atom is -0.334 e. The highest BCUT2D eigenvalue weighted by atomic mass is 16.2. The molecule has 68 valence electrons. The fourth-order valence-corrected chi connectivity index (χ4v) is 0.615. The Morgan fingerprint density at radius 2 is 2.00 bits per heavy atom. The Hall–Kier alpha value is -1.17. The number of hydrogen-bond donors (Lipinski definition) is 2. The quantitative estimate of drug-likeness (QED) is 0.566. The molecule has 0 saturated heterocycles. The van der Waals surface area contributed by atoms with E-state index in [1.165, 1.54) is 0 Å². The monoisotopic (exact) mass is 168 g/mol. The Kier molecular flexibility index (Phi) is 3.62. The van der Waals surface area contributed by atoms with Crippen molar-refractivity contribution in [2.24, 2.45) is 0 Å². The van der Waals surface area contributed by atoms with Crippen LogP contribution in [-0.2, 0) is 0 Å². The summed E-state index contributed by atoms with van der Waals surface area (Å²) in [5.74, 6) is 2.41. The number of rotatable bonds is 1. The Morgan fingerprint density at radius 1 is 1.50 bits per heavy atom. The topological polar surface area (TPSA) is 41.1 Å². The molecule has 0 aliphatic carbocycles. The van der Waals surface area contributed by atoms with Gasteiger partial charge in [-0.15, -0.1) is 6.42 Å². The van der Waals surface area contributed by atoms with Gasteiger partial charge in [-0.1, -0.05) is 5.92 Å². The van der Waals surface area contributed by atoms with Gasteiger partial charge in [0.15, 0.2) is 0 Å². The molecule has 0 radical (unpaired) electrons. The molecule has 2 amide bonds. The number of carbonyl (C=O) groups excluding carboxylic acids is 1. The standard InChI is InChI=1S/C9H16N2O/c1-6-7(2)10-8(12)11-9(3,4)5/h1,7H,2-5H3,(H2,10,11,12). The molecule has 1 unspecified atom stereocenters. The number of terminal acetylenes is 1. The van der Waals surface area contributed by atoms with Crippen molar-refractivity contribution in [2.75, 3.05) is 0 Å². The van der Waals surface area contributed by atoms with Gasteiger partial charge in [0.05, 0.1) is 6.04 Å². The zero-order valence-corrected chi connectivity index (χ0v) is 8.06. The molecule has 3 nitrogen and oxygen atoms in total. The summed E-state index contributed by atoms with van der Waals surface area (Å²) in [4.78, 5) is 11.1. The third kappa shape index (κ3) is 5.60. The Morgan fingerprint density at radius 3 is 2.33 bits per heavy atom. The van der Waals surface area contributed by atoms with Crippen molar-refractivity contribution in [3.05, 3.63) is 0 Å². The van der Waals surface area contributed by atoms with Gasteiger partial charge in [0.2, 0.25) is 0 Å². The highest BCUT2D eigenvalue weighted by Gasteiger charge is 2.13. The van der Waals surface area contributed by atoms with Crippen LogP contribution in [0.25, 0.3) is 0 Å². The predicted octanol–water partition coefficient (Wildman–Crippen LogP) is 1.11. The first kappa shape index (κ1) is 10.8. The first-order valence-corrected chi connectivity index (χ1v) is 3.90. The minimum atomic E-state index is -0.229. The summed E-state index contributed by atoms with van der Waals surface area (Å²) in [5, 5.41) is 5.34. The van der Waals surface area contributed by atoms with Gasteiger partial charge in [0, 0.05) is 5.54 Å². The molecule has 0 aromatic rings. The van der Waals surface area contributed by atoms with Gasteiger partial charge in [-0.2, -0.15) is 0 Å². The van der Waals surface area contributed by atoms with Crippen molar-refractivity contribution in [1.29, 1.82) is 0 Å². The largest absolute Gasteiger partial charge is 0.334 e. The number of urea groups is 1. The third-order valence-electron chi connectivity index (χ3n) is 1.09. The van der Waals surface area contributed by atoms with Gasteiger partial charge in [0.25, 0.3) is 0 Å². The van der Waals surface area contributed by atoms with Gasteiger partial charge >= 0.3 is 6.03 Å². The first-order valence-electron chi connectivity index (χ1n) is 3.90. The maximum atomic E-state index is 11.1. The molecule has 1 atom stereocenters. The summed E-state index contributed by atoms with van der Waals surface area (Å²) in [6.45, 7) is 7.48. The predicted molar refractivity (Wildman–Crippen MR) is 49.7 cm³/mol. The van der Waals surface area contributed by atoms with Crippen LogP contribution in [0.1, 0.15) is 27.7 Å². The average Bonchev–Trinajstić information content (AvgIpc) is 1.82. The molecule has 0 bridgehead atoms. The Bertz CT molecular complexity index is 198. The zero-order chi connectivity index (χ0) is 9.78. The maximum Gasteiger partial charge on any atom is 0.316 e. The lowest BCUT2D eigenvalue weighted by molar-refractivity contribution is 0.231. The molecule has 0 aromatic carbocycles. The molecule has 0 rings (SSSR count). The van der Waals surface area contributed by atoms with Crippen LogP contribution in [0.2, 0.25) is 0 Å². The van der Waals surface area contributed by atoms with Gasteiger partial charge in [-0.25, -0.2) is 4.79 Å². The number of hydrogen-bond acceptors (Lipinski definition) is 1. The van der Waals surface area contributed by atoms with Gasteiger partial charge in [0.1, 0.15) is 0 Å². The summed E-state index contributed by atoms with van der Waals surface area (Å²) in [6, 6.07) is -0.458. The van der Waals surface area contributed by atoms with E-state index in [9.17, 15) is 4.79 Å². The van der Waals surface area contributed by atoms with Crippen LogP contribution in [0.4, 0.5) is 4.79 Å². The van der Waals surface area contributed by atoms with Crippen molar-refractivity contribution in [2.45, 2.75) is 39.3 Å². The molecule has 2 N–H and O–H groups in total. The van der Waals surface area contributed by atoms with E-state index in [1.807, 2.05) is 20.8 Å². The highest BCUT2D eigenvalue weighted by molar-refractivity contribution is 5.75. The zero-order valence-electron chi connectivity index (χ0n) is 8.06. The number of amides is 2. The molecule has 0 fully saturated rings. The molecule has 0 aliphatic rings. The van der Waals surface area contributed by atoms with E-state index in [0.717, 1.165) is 0 Å². The lowest BCUT2D eigenvalue weighted by Gasteiger charge is -2.21. The molecule has 0 heterocycles. The second kappa shape index (κ2) is 4.01. The molecule has 0 aliphatic heterocycles. The van der Waals surface area contributed by atoms with Crippen LogP contribution in [0, 0.1) is 12.3 Å². The second-order valence-corrected chi connectivity index (χ2v) is 3.74. The molecular weight excluding hydrogens is 152 g/mol. The summed E-state index contributed by atoms with van der Waals surface area (Å²) >= 11 is 0. The van der Waals surface area contributed by atoms with E-state index < -0.39 is 0 Å². The van der Waals surface area contributed by atoms with Crippen LogP contribution in [0.15, 0.2) is 0 Å². The van der Waals surface area contributed by atoms with Gasteiger partial charge in [-0.05, 0) is 27.7 Å². The van der Waals surface area contributed by atoms with E-state index in [0.29, 0.717) is 0 Å². The van der Waals surface area contributed by atoms with E-state index in [-0.39, 0.29) is 17.6 Å². The van der Waals surface area contributed by atoms with E-state index >= 15 is 0 Å². The normalized spacial score (nSPS) is 12.9. The Labute approximate surface area is 73.9 Å². The first-order chi connectivity index (χ1) is 5.35. The Balaban J connectivity index is 3.85. The molecule has 12 heavy (non-hydrogen) atoms. The third-order valence-corrected chi connectivity index (χ3v) is 1.09. The smallest absolute Gasteiger partial charge is 0.316 e. The molecule has 0 spiro atoms. The summed E-state index contributed by atoms with van der Waals surface area (Å²) in [5.41, 5.74) is -0.224. The maximum absolute atomic E-state index is 11.1. The molecule has 3 heteroatoms. The van der Waals surface area contributed by atoms with Gasteiger partial charge < -0.3 is 10.6 Å². The summed E-state index contributed by atoms with van der Waals surface area (Å²) < 4.78 is 0. The number of carbonyl (C=O) groups is 1. The van der Waals surface area contributed by atoms with Gasteiger partial charge in [-0.3, -0.25) is 0 Å². The van der Waals surface area contributed by atoms with Crippen LogP contribution in [0.5, 0.6) is 0 Å². The van der Waals surface area contributed by atoms with Crippen LogP contribution in [-0.4, -0.2) is 17.6 Å². The SMILES string of the molecule is C#CC(C)NC(=O)NC(C)(C)C. The van der Waals surface area contributed by atoms with E-state index in [1.54, 1.807) is 6.92 Å². The van der Waals surface area contributed by atoms with Crippen LogP contribution >= 0.6 is 0 Å². The minimum absolute atomic E-state index is 0.224. The molecule has 0 saturated carbocycles. The van der Waals surface area contributed by atoms with E-state index in [4.69, 9.17) is 6.42 Å².